The third kappa shape index (κ3) is 5.30. The van der Waals surface area contributed by atoms with Crippen molar-refractivity contribution in [2.24, 2.45) is 7.05 Å². The molecule has 11 heteroatoms. The highest BCUT2D eigenvalue weighted by Crippen LogP contribution is 2.20. The van der Waals surface area contributed by atoms with Gasteiger partial charge in [0.2, 0.25) is 15.9 Å². The van der Waals surface area contributed by atoms with E-state index in [1.54, 1.807) is 31.4 Å². The molecule has 166 valence electrons. The largest absolute Gasteiger partial charge is 0.497 e. The third-order valence-corrected chi connectivity index (χ3v) is 6.77. The molecule has 1 atom stereocenters. The van der Waals surface area contributed by atoms with Gasteiger partial charge in [-0.05, 0) is 54.8 Å². The van der Waals surface area contributed by atoms with Gasteiger partial charge in [-0.1, -0.05) is 0 Å². The summed E-state index contributed by atoms with van der Waals surface area (Å²) in [6.45, 7) is 0. The van der Waals surface area contributed by atoms with Crippen LogP contribution in [0, 0.1) is 0 Å². The van der Waals surface area contributed by atoms with E-state index in [1.807, 2.05) is 6.26 Å². The van der Waals surface area contributed by atoms with Crippen molar-refractivity contribution in [1.82, 2.24) is 9.29 Å². The number of hydrogen-bond acceptors (Lipinski definition) is 7. The van der Waals surface area contributed by atoms with Gasteiger partial charge in [-0.2, -0.15) is 16.5 Å². The summed E-state index contributed by atoms with van der Waals surface area (Å²) in [5.74, 6) is 0.153. The fourth-order valence-electron chi connectivity index (χ4n) is 2.92. The number of oxazole rings is 1. The summed E-state index contributed by atoms with van der Waals surface area (Å²) < 4.78 is 39.8. The number of amides is 1. The second-order valence-electron chi connectivity index (χ2n) is 6.73. The molecule has 1 aromatic heterocycles. The summed E-state index contributed by atoms with van der Waals surface area (Å²) in [5.41, 5.74) is 1.14. The number of methoxy groups -OCH3 is 1. The summed E-state index contributed by atoms with van der Waals surface area (Å²) >= 11 is 1.50. The van der Waals surface area contributed by atoms with Crippen LogP contribution in [-0.2, 0) is 21.9 Å². The lowest BCUT2D eigenvalue weighted by molar-refractivity contribution is -0.117. The maximum atomic E-state index is 12.9. The molecule has 2 N–H and O–H groups in total. The first-order chi connectivity index (χ1) is 14.7. The Hall–Kier alpha value is -2.76. The summed E-state index contributed by atoms with van der Waals surface area (Å²) in [6.07, 6.45) is 2.17. The zero-order chi connectivity index (χ0) is 22.6. The second-order valence-corrected chi connectivity index (χ2v) is 9.43. The van der Waals surface area contributed by atoms with E-state index in [-0.39, 0.29) is 10.5 Å². The quantitative estimate of drug-likeness (QED) is 0.497. The Morgan fingerprint density at radius 2 is 1.94 bits per heavy atom. The zero-order valence-corrected chi connectivity index (χ0v) is 18.9. The van der Waals surface area contributed by atoms with Crippen LogP contribution >= 0.6 is 11.8 Å². The standard InChI is InChI=1S/C20H23N3O6S2/c1-23-17-9-8-15(12-18(17)29-20(23)25)31(26,27)22-16(10-11-30-3)19(24)21-13-4-6-14(28-2)7-5-13/h4-9,12,16,22H,10-11H2,1-3H3,(H,21,24). The number of sulfonamides is 1. The van der Waals surface area contributed by atoms with E-state index in [1.165, 1.54) is 41.6 Å². The lowest BCUT2D eigenvalue weighted by atomic mass is 10.2. The van der Waals surface area contributed by atoms with E-state index in [0.717, 1.165) is 0 Å². The Bertz CT molecular complexity index is 1230. The number of hydrogen-bond donors (Lipinski definition) is 2. The molecule has 9 nitrogen and oxygen atoms in total. The monoisotopic (exact) mass is 465 g/mol. The van der Waals surface area contributed by atoms with E-state index >= 15 is 0 Å². The number of nitrogens with zero attached hydrogens (tertiary/aromatic N) is 1. The van der Waals surface area contributed by atoms with Gasteiger partial charge in [-0.15, -0.1) is 0 Å². The number of ether oxygens (including phenoxy) is 1. The first-order valence-corrected chi connectivity index (χ1v) is 12.2. The van der Waals surface area contributed by atoms with Gasteiger partial charge in [0.05, 0.1) is 17.5 Å². The predicted octanol–water partition coefficient (Wildman–Crippen LogP) is 2.18. The topological polar surface area (TPSA) is 120 Å². The maximum Gasteiger partial charge on any atom is 0.419 e. The Labute approximate surface area is 183 Å². The molecule has 2 aromatic carbocycles. The molecule has 0 aliphatic rings. The van der Waals surface area contributed by atoms with E-state index in [0.29, 0.717) is 29.1 Å². The Morgan fingerprint density at radius 1 is 1.23 bits per heavy atom. The fourth-order valence-corrected chi connectivity index (χ4v) is 4.64. The normalized spacial score (nSPS) is 12.6. The van der Waals surface area contributed by atoms with Crippen molar-refractivity contribution in [2.75, 3.05) is 24.4 Å². The van der Waals surface area contributed by atoms with Gasteiger partial charge in [-0.25, -0.2) is 13.2 Å². The van der Waals surface area contributed by atoms with Crippen LogP contribution in [0.2, 0.25) is 0 Å². The van der Waals surface area contributed by atoms with Crippen LogP contribution < -0.4 is 20.5 Å². The Morgan fingerprint density at radius 3 is 2.58 bits per heavy atom. The summed E-state index contributed by atoms with van der Waals surface area (Å²) in [6, 6.07) is 9.86. The highest BCUT2D eigenvalue weighted by molar-refractivity contribution is 7.98. The van der Waals surface area contributed by atoms with E-state index in [2.05, 4.69) is 10.0 Å². The average Bonchev–Trinajstić information content (AvgIpc) is 3.04. The molecule has 1 unspecified atom stereocenters. The minimum atomic E-state index is -4.04. The lowest BCUT2D eigenvalue weighted by Crippen LogP contribution is -2.44. The minimum Gasteiger partial charge on any atom is -0.497 e. The lowest BCUT2D eigenvalue weighted by Gasteiger charge is -2.18. The molecule has 0 bridgehead atoms. The zero-order valence-electron chi connectivity index (χ0n) is 17.2. The number of anilines is 1. The van der Waals surface area contributed by atoms with Crippen molar-refractivity contribution in [1.29, 1.82) is 0 Å². The Kier molecular flexibility index (Phi) is 7.08. The number of carbonyl (C=O) groups is 1. The van der Waals surface area contributed by atoms with Crippen molar-refractivity contribution in [3.8, 4) is 5.75 Å². The molecular weight excluding hydrogens is 442 g/mol. The average molecular weight is 466 g/mol. The third-order valence-electron chi connectivity index (χ3n) is 4.66. The van der Waals surface area contributed by atoms with Gasteiger partial charge in [0.15, 0.2) is 5.58 Å². The van der Waals surface area contributed by atoms with Gasteiger partial charge in [0.25, 0.3) is 0 Å². The highest BCUT2D eigenvalue weighted by atomic mass is 32.2. The molecule has 0 spiro atoms. The summed E-state index contributed by atoms with van der Waals surface area (Å²) in [4.78, 5) is 24.4. The fraction of sp³-hybridized carbons (Fsp3) is 0.300. The van der Waals surface area contributed by atoms with Crippen LogP contribution in [-0.4, -0.2) is 44.1 Å². The number of carbonyl (C=O) groups excluding carboxylic acids is 1. The molecule has 0 aliphatic heterocycles. The van der Waals surface area contributed by atoms with Gasteiger partial charge in [-0.3, -0.25) is 9.36 Å². The number of benzene rings is 2. The first-order valence-electron chi connectivity index (χ1n) is 9.31. The van der Waals surface area contributed by atoms with Crippen LogP contribution in [0.25, 0.3) is 11.1 Å². The first kappa shape index (κ1) is 22.9. The van der Waals surface area contributed by atoms with Crippen LogP contribution in [0.3, 0.4) is 0 Å². The van der Waals surface area contributed by atoms with Gasteiger partial charge in [0, 0.05) is 18.8 Å². The molecule has 31 heavy (non-hydrogen) atoms. The molecule has 3 aromatic rings. The van der Waals surface area contributed by atoms with Crippen molar-refractivity contribution >= 4 is 44.5 Å². The molecule has 0 saturated carbocycles. The second kappa shape index (κ2) is 9.58. The van der Waals surface area contributed by atoms with Crippen LogP contribution in [0.15, 0.2) is 56.6 Å². The molecular formula is C20H23N3O6S2. The van der Waals surface area contributed by atoms with E-state index in [9.17, 15) is 18.0 Å². The molecule has 3 rings (SSSR count). The number of rotatable bonds is 9. The number of thioether (sulfide) groups is 1. The van der Waals surface area contributed by atoms with Gasteiger partial charge in [0.1, 0.15) is 11.8 Å². The summed E-state index contributed by atoms with van der Waals surface area (Å²) in [5, 5.41) is 2.72. The number of fused-ring (bicyclic) bond motifs is 1. The molecule has 0 radical (unpaired) electrons. The van der Waals surface area contributed by atoms with E-state index in [4.69, 9.17) is 9.15 Å². The van der Waals surface area contributed by atoms with E-state index < -0.39 is 27.7 Å². The van der Waals surface area contributed by atoms with Crippen molar-refractivity contribution in [2.45, 2.75) is 17.4 Å². The molecule has 1 heterocycles. The van der Waals surface area contributed by atoms with Crippen LogP contribution in [0.5, 0.6) is 5.75 Å². The molecule has 0 fully saturated rings. The summed E-state index contributed by atoms with van der Waals surface area (Å²) in [7, 11) is -0.974. The smallest absolute Gasteiger partial charge is 0.419 e. The van der Waals surface area contributed by atoms with Crippen LogP contribution in [0.1, 0.15) is 6.42 Å². The van der Waals surface area contributed by atoms with Crippen LogP contribution in [0.4, 0.5) is 5.69 Å². The molecule has 1 amide bonds. The highest BCUT2D eigenvalue weighted by Gasteiger charge is 2.26. The maximum absolute atomic E-state index is 12.9. The Balaban J connectivity index is 1.82. The van der Waals surface area contributed by atoms with Crippen molar-refractivity contribution in [3.05, 3.63) is 53.0 Å². The van der Waals surface area contributed by atoms with Crippen molar-refractivity contribution in [3.63, 3.8) is 0 Å². The molecule has 0 saturated heterocycles. The number of aryl methyl sites for hydroxylation is 1. The number of nitrogens with one attached hydrogen (secondary N) is 2. The SMILES string of the molecule is COc1ccc(NC(=O)C(CCSC)NS(=O)(=O)c2ccc3c(c2)oc(=O)n3C)cc1. The number of aromatic nitrogens is 1. The predicted molar refractivity (Wildman–Crippen MR) is 120 cm³/mol. The molecule has 0 aliphatic carbocycles. The van der Waals surface area contributed by atoms with Gasteiger partial charge >= 0.3 is 5.76 Å². The minimum absolute atomic E-state index is 0.0965. The van der Waals surface area contributed by atoms with Crippen molar-refractivity contribution < 1.29 is 22.4 Å². The van der Waals surface area contributed by atoms with Gasteiger partial charge < -0.3 is 14.5 Å².